The molecule has 0 spiro atoms. The first kappa shape index (κ1) is 10.4. The second-order valence-electron chi connectivity index (χ2n) is 3.62. The van der Waals surface area contributed by atoms with Crippen LogP contribution in [0.2, 0.25) is 0 Å². The minimum Gasteiger partial charge on any atom is -0.296 e. The zero-order valence-electron chi connectivity index (χ0n) is 9.00. The second kappa shape index (κ2) is 3.77. The highest BCUT2D eigenvalue weighted by atomic mass is 16.1. The van der Waals surface area contributed by atoms with Gasteiger partial charge in [-0.1, -0.05) is 6.07 Å². The molecule has 0 bridgehead atoms. The van der Waals surface area contributed by atoms with E-state index < -0.39 is 0 Å². The molecule has 16 heavy (non-hydrogen) atoms. The fraction of sp³-hybridized carbons (Fsp3) is 0.182. The average molecular weight is 217 g/mol. The first-order chi connectivity index (χ1) is 7.56. The van der Waals surface area contributed by atoms with E-state index in [1.165, 1.54) is 6.92 Å². The van der Waals surface area contributed by atoms with Gasteiger partial charge in [0.25, 0.3) is 5.56 Å². The summed E-state index contributed by atoms with van der Waals surface area (Å²) in [6.07, 6.45) is 0. The molecule has 82 valence electrons. The van der Waals surface area contributed by atoms with Gasteiger partial charge in [-0.05, 0) is 24.6 Å². The van der Waals surface area contributed by atoms with E-state index in [9.17, 15) is 9.59 Å². The predicted molar refractivity (Wildman–Crippen MR) is 61.4 cm³/mol. The summed E-state index contributed by atoms with van der Waals surface area (Å²) in [4.78, 5) is 29.2. The number of anilines is 1. The molecule has 5 nitrogen and oxygen atoms in total. The quantitative estimate of drug-likeness (QED) is 0.753. The molecule has 0 saturated heterocycles. The number of aromatic amines is 1. The van der Waals surface area contributed by atoms with Gasteiger partial charge in [-0.3, -0.25) is 19.9 Å². The van der Waals surface area contributed by atoms with Crippen LogP contribution in [-0.2, 0) is 4.79 Å². The number of rotatable bonds is 1. The van der Waals surface area contributed by atoms with Gasteiger partial charge >= 0.3 is 0 Å². The standard InChI is InChI=1S/C11H11N3O2/c1-6-3-4-8-9(5-6)13-11(12-7(2)15)14-10(8)16/h3-5H,1-2H3,(H2,12,13,14,15,16). The minimum atomic E-state index is -0.268. The van der Waals surface area contributed by atoms with Crippen molar-refractivity contribution in [2.75, 3.05) is 5.32 Å². The maximum Gasteiger partial charge on any atom is 0.260 e. The summed E-state index contributed by atoms with van der Waals surface area (Å²) in [5, 5.41) is 2.97. The number of nitrogens with zero attached hydrogens (tertiary/aromatic N) is 1. The fourth-order valence-corrected chi connectivity index (χ4v) is 1.48. The number of carbonyl (C=O) groups is 1. The average Bonchev–Trinajstić information content (AvgIpc) is 2.15. The van der Waals surface area contributed by atoms with Gasteiger partial charge < -0.3 is 0 Å². The molecule has 0 aliphatic carbocycles. The van der Waals surface area contributed by atoms with Crippen molar-refractivity contribution >= 4 is 22.8 Å². The Morgan fingerprint density at radius 2 is 2.19 bits per heavy atom. The Hall–Kier alpha value is -2.17. The molecule has 0 saturated carbocycles. The number of amides is 1. The normalized spacial score (nSPS) is 10.4. The lowest BCUT2D eigenvalue weighted by molar-refractivity contribution is -0.114. The molecule has 1 amide bonds. The second-order valence-corrected chi connectivity index (χ2v) is 3.62. The number of hydrogen-bond acceptors (Lipinski definition) is 3. The molecule has 1 aromatic heterocycles. The first-order valence-corrected chi connectivity index (χ1v) is 4.84. The van der Waals surface area contributed by atoms with Gasteiger partial charge in [-0.15, -0.1) is 0 Å². The van der Waals surface area contributed by atoms with Crippen LogP contribution in [0, 0.1) is 6.92 Å². The molecule has 1 heterocycles. The van der Waals surface area contributed by atoms with Crippen LogP contribution in [0.3, 0.4) is 0 Å². The van der Waals surface area contributed by atoms with Crippen molar-refractivity contribution in [3.8, 4) is 0 Å². The van der Waals surface area contributed by atoms with Crippen LogP contribution in [0.1, 0.15) is 12.5 Å². The number of aryl methyl sites for hydroxylation is 1. The van der Waals surface area contributed by atoms with Crippen molar-refractivity contribution in [2.24, 2.45) is 0 Å². The molecule has 1 aromatic carbocycles. The van der Waals surface area contributed by atoms with Crippen molar-refractivity contribution in [3.05, 3.63) is 34.1 Å². The van der Waals surface area contributed by atoms with E-state index in [0.29, 0.717) is 10.9 Å². The summed E-state index contributed by atoms with van der Waals surface area (Å²) in [5.74, 6) is -0.0919. The van der Waals surface area contributed by atoms with Crippen LogP contribution >= 0.6 is 0 Å². The van der Waals surface area contributed by atoms with E-state index in [2.05, 4.69) is 15.3 Å². The van der Waals surface area contributed by atoms with Crippen molar-refractivity contribution in [1.29, 1.82) is 0 Å². The molecule has 2 rings (SSSR count). The molecule has 0 radical (unpaired) electrons. The van der Waals surface area contributed by atoms with Gasteiger partial charge in [-0.2, -0.15) is 0 Å². The zero-order chi connectivity index (χ0) is 11.7. The SMILES string of the molecule is CC(=O)Nc1nc2cc(C)ccc2c(=O)[nH]1. The van der Waals surface area contributed by atoms with Crippen molar-refractivity contribution in [1.82, 2.24) is 9.97 Å². The number of hydrogen-bond donors (Lipinski definition) is 2. The Morgan fingerprint density at radius 3 is 2.88 bits per heavy atom. The molecule has 0 aliphatic heterocycles. The molecule has 2 aromatic rings. The van der Waals surface area contributed by atoms with Crippen molar-refractivity contribution in [3.63, 3.8) is 0 Å². The van der Waals surface area contributed by atoms with Crippen LogP contribution in [0.15, 0.2) is 23.0 Å². The highest BCUT2D eigenvalue weighted by molar-refractivity contribution is 5.88. The van der Waals surface area contributed by atoms with E-state index in [-0.39, 0.29) is 17.4 Å². The smallest absolute Gasteiger partial charge is 0.260 e. The Bertz CT molecular complexity index is 616. The van der Waals surface area contributed by atoms with E-state index in [0.717, 1.165) is 5.56 Å². The largest absolute Gasteiger partial charge is 0.296 e. The summed E-state index contributed by atoms with van der Waals surface area (Å²) in [6.45, 7) is 3.28. The summed E-state index contributed by atoms with van der Waals surface area (Å²) in [7, 11) is 0. The number of fused-ring (bicyclic) bond motifs is 1. The van der Waals surface area contributed by atoms with Gasteiger partial charge in [0.05, 0.1) is 10.9 Å². The molecular weight excluding hydrogens is 206 g/mol. The Kier molecular flexibility index (Phi) is 2.44. The van der Waals surface area contributed by atoms with Gasteiger partial charge in [-0.25, -0.2) is 4.98 Å². The number of nitrogens with one attached hydrogen (secondary N) is 2. The van der Waals surface area contributed by atoms with E-state index >= 15 is 0 Å². The number of aromatic nitrogens is 2. The van der Waals surface area contributed by atoms with Crippen LogP contribution in [0.4, 0.5) is 5.95 Å². The van der Waals surface area contributed by atoms with Gasteiger partial charge in [0.1, 0.15) is 0 Å². The highest BCUT2D eigenvalue weighted by Crippen LogP contribution is 2.10. The lowest BCUT2D eigenvalue weighted by Gasteiger charge is -2.03. The maximum atomic E-state index is 11.6. The highest BCUT2D eigenvalue weighted by Gasteiger charge is 2.04. The Labute approximate surface area is 91.5 Å². The molecule has 0 unspecified atom stereocenters. The predicted octanol–water partition coefficient (Wildman–Crippen LogP) is 1.19. The minimum absolute atomic E-state index is 0.176. The van der Waals surface area contributed by atoms with E-state index in [4.69, 9.17) is 0 Å². The van der Waals surface area contributed by atoms with Crippen LogP contribution in [0.25, 0.3) is 10.9 Å². The van der Waals surface area contributed by atoms with Gasteiger partial charge in [0.2, 0.25) is 11.9 Å². The van der Waals surface area contributed by atoms with Crippen LogP contribution in [0.5, 0.6) is 0 Å². The third kappa shape index (κ3) is 1.93. The van der Waals surface area contributed by atoms with Crippen LogP contribution < -0.4 is 10.9 Å². The van der Waals surface area contributed by atoms with E-state index in [1.54, 1.807) is 12.1 Å². The summed E-state index contributed by atoms with van der Waals surface area (Å²) in [5.41, 5.74) is 1.33. The van der Waals surface area contributed by atoms with Gasteiger partial charge in [0.15, 0.2) is 0 Å². The summed E-state index contributed by atoms with van der Waals surface area (Å²) in [6, 6.07) is 5.36. The lowest BCUT2D eigenvalue weighted by Crippen LogP contribution is -2.16. The van der Waals surface area contributed by atoms with Gasteiger partial charge in [0, 0.05) is 6.92 Å². The van der Waals surface area contributed by atoms with Crippen molar-refractivity contribution < 1.29 is 4.79 Å². The topological polar surface area (TPSA) is 74.8 Å². The number of benzene rings is 1. The molecular formula is C11H11N3O2. The molecule has 0 aliphatic rings. The Balaban J connectivity index is 2.65. The van der Waals surface area contributed by atoms with Crippen LogP contribution in [-0.4, -0.2) is 15.9 Å². The van der Waals surface area contributed by atoms with E-state index in [1.807, 2.05) is 13.0 Å². The first-order valence-electron chi connectivity index (χ1n) is 4.84. The number of H-pyrrole nitrogens is 1. The van der Waals surface area contributed by atoms with Crippen molar-refractivity contribution in [2.45, 2.75) is 13.8 Å². The monoisotopic (exact) mass is 217 g/mol. The molecule has 0 fully saturated rings. The molecule has 0 atom stereocenters. The maximum absolute atomic E-state index is 11.6. The fourth-order valence-electron chi connectivity index (χ4n) is 1.48. The third-order valence-electron chi connectivity index (χ3n) is 2.16. The molecule has 2 N–H and O–H groups in total. The lowest BCUT2D eigenvalue weighted by atomic mass is 10.2. The zero-order valence-corrected chi connectivity index (χ0v) is 9.00. The number of carbonyl (C=O) groups excluding carboxylic acids is 1. The summed E-state index contributed by atoms with van der Waals surface area (Å²) < 4.78 is 0. The Morgan fingerprint density at radius 1 is 1.44 bits per heavy atom. The third-order valence-corrected chi connectivity index (χ3v) is 2.16. The summed E-state index contributed by atoms with van der Waals surface area (Å²) >= 11 is 0. The molecule has 5 heteroatoms.